The molecule has 0 aliphatic carbocycles. The molecule has 0 heterocycles. The number of rotatable bonds is 7. The molecule has 0 amide bonds. The van der Waals surface area contributed by atoms with Crippen molar-refractivity contribution in [3.63, 3.8) is 0 Å². The molecule has 40 heavy (non-hydrogen) atoms. The summed E-state index contributed by atoms with van der Waals surface area (Å²) in [4.78, 5) is 2.90. The average molecular weight is 721 g/mol. The normalized spacial score (nSPS) is 12.2. The van der Waals surface area contributed by atoms with Crippen LogP contribution in [0.4, 0.5) is 0 Å². The Bertz CT molecular complexity index is 1200. The van der Waals surface area contributed by atoms with E-state index in [9.17, 15) is 0 Å². The van der Waals surface area contributed by atoms with Crippen molar-refractivity contribution >= 4 is 57.6 Å². The predicted octanol–water partition coefficient (Wildman–Crippen LogP) is 8.42. The van der Waals surface area contributed by atoms with Crippen LogP contribution < -0.4 is 22.1 Å². The Kier molecular flexibility index (Phi) is 16.5. The summed E-state index contributed by atoms with van der Waals surface area (Å²) in [5, 5.41) is 3.13. The van der Waals surface area contributed by atoms with Gasteiger partial charge in [0.05, 0.1) is 36.5 Å². The van der Waals surface area contributed by atoms with Crippen LogP contribution >= 0.6 is 47.0 Å². The minimum absolute atomic E-state index is 0.163. The van der Waals surface area contributed by atoms with Crippen LogP contribution in [-0.2, 0) is 15.1 Å². The molecular formula is C32H42Cl2N2P2RuS+4. The molecule has 0 spiro atoms. The van der Waals surface area contributed by atoms with E-state index < -0.39 is 15.8 Å². The van der Waals surface area contributed by atoms with Gasteiger partial charge in [0.1, 0.15) is 10.6 Å². The summed E-state index contributed by atoms with van der Waals surface area (Å²) in [7, 11) is 8.84. The van der Waals surface area contributed by atoms with Gasteiger partial charge in [-0.1, -0.05) is 84.6 Å². The van der Waals surface area contributed by atoms with E-state index in [1.54, 1.807) is 10.6 Å². The fourth-order valence-corrected chi connectivity index (χ4v) is 8.69. The van der Waals surface area contributed by atoms with Crippen molar-refractivity contribution < 1.29 is 15.1 Å². The van der Waals surface area contributed by atoms with Gasteiger partial charge in [0.15, 0.2) is 0 Å². The van der Waals surface area contributed by atoms with Crippen LogP contribution in [0.25, 0.3) is 0 Å². The second-order valence-electron chi connectivity index (χ2n) is 10.0. The molecule has 0 saturated heterocycles. The summed E-state index contributed by atoms with van der Waals surface area (Å²) in [6, 6.07) is 33.5. The van der Waals surface area contributed by atoms with Crippen molar-refractivity contribution in [3.05, 3.63) is 119 Å². The molecule has 4 N–H and O–H groups in total. The van der Waals surface area contributed by atoms with E-state index in [1.165, 1.54) is 20.9 Å². The third kappa shape index (κ3) is 11.5. The standard InChI is InChI=1S/C18H24P2S.C14H16N2.2ClH.Ru/c1-13-7-9-17(15(11-13)19(3)4)21-18-10-8-14(2)12-16(18)20(5)6;15-13(11-7-3-1-4-8-11)14(16)12-9-5-2-6-10-12;;;/h7-12H,1-6H3;1-10,13-14H,15-16H2;2*1H;/q;;;;+4. The van der Waals surface area contributed by atoms with Gasteiger partial charge < -0.3 is 11.5 Å². The summed E-state index contributed by atoms with van der Waals surface area (Å²) < 4.78 is 0. The maximum atomic E-state index is 6.15. The van der Waals surface area contributed by atoms with Gasteiger partial charge in [0.25, 0.3) is 0 Å². The molecule has 0 bridgehead atoms. The minimum atomic E-state index is -0.436. The first-order chi connectivity index (χ1) is 19.1. The molecule has 4 aromatic rings. The molecule has 0 aliphatic heterocycles. The van der Waals surface area contributed by atoms with E-state index in [1.807, 2.05) is 72.4 Å². The second-order valence-corrected chi connectivity index (χ2v) is 18.8. The van der Waals surface area contributed by atoms with Gasteiger partial charge in [0.2, 0.25) is 0 Å². The number of benzene rings is 4. The molecular weight excluding hydrogens is 678 g/mol. The van der Waals surface area contributed by atoms with Crippen molar-refractivity contribution in [2.75, 3.05) is 26.7 Å². The molecule has 2 unspecified atom stereocenters. The van der Waals surface area contributed by atoms with Crippen LogP contribution in [0.5, 0.6) is 0 Å². The molecule has 214 valence electrons. The van der Waals surface area contributed by atoms with Gasteiger partial charge in [-0.25, -0.2) is 0 Å². The maximum absolute atomic E-state index is 6.15. The van der Waals surface area contributed by atoms with E-state index in [-0.39, 0.29) is 27.2 Å². The molecule has 2 atom stereocenters. The third-order valence-electron chi connectivity index (χ3n) is 6.32. The average Bonchev–Trinajstić information content (AvgIpc) is 2.95. The Morgan fingerprint density at radius 3 is 1.23 bits per heavy atom. The molecule has 0 aromatic heterocycles. The molecule has 0 saturated carbocycles. The number of hydrogen-bond acceptors (Lipinski definition) is 3. The first kappa shape index (κ1) is 35.4. The van der Waals surface area contributed by atoms with Gasteiger partial charge >= 0.3 is 34.5 Å². The Hall–Kier alpha value is -0.787. The zero-order valence-corrected chi connectivity index (χ0v) is 30.1. The monoisotopic (exact) mass is 720 g/mol. The first-order valence-electron chi connectivity index (χ1n) is 13.1. The summed E-state index contributed by atoms with van der Waals surface area (Å²) in [5.41, 5.74) is 17.2. The SMILES string of the molecule is Cc1ccc(Sc2ccc(C)cc2[PH+](C)C)c([PH+](C)C)c1.NC(c1ccccc1)C(N)c1ccccc1.[Cl][Ru+2][Cl]. The van der Waals surface area contributed by atoms with Gasteiger partial charge in [0, 0.05) is 27.9 Å². The van der Waals surface area contributed by atoms with Crippen molar-refractivity contribution in [2.24, 2.45) is 11.5 Å². The number of hydrogen-bond donors (Lipinski definition) is 2. The van der Waals surface area contributed by atoms with Gasteiger partial charge in [-0.15, -0.1) is 0 Å². The Morgan fingerprint density at radius 2 is 0.925 bits per heavy atom. The van der Waals surface area contributed by atoms with Crippen LogP contribution in [0.1, 0.15) is 34.3 Å². The van der Waals surface area contributed by atoms with Crippen LogP contribution in [0.2, 0.25) is 0 Å². The van der Waals surface area contributed by atoms with E-state index in [4.69, 9.17) is 30.8 Å². The summed E-state index contributed by atoms with van der Waals surface area (Å²) in [6.45, 7) is 13.9. The molecule has 4 aromatic carbocycles. The number of aryl methyl sites for hydroxylation is 2. The Morgan fingerprint density at radius 1 is 0.600 bits per heavy atom. The van der Waals surface area contributed by atoms with E-state index in [0.29, 0.717) is 0 Å². The van der Waals surface area contributed by atoms with Crippen molar-refractivity contribution in [2.45, 2.75) is 35.7 Å². The van der Waals surface area contributed by atoms with E-state index >= 15 is 0 Å². The fourth-order valence-electron chi connectivity index (χ4n) is 4.13. The van der Waals surface area contributed by atoms with Gasteiger partial charge in [-0.2, -0.15) is 0 Å². The summed E-state index contributed by atoms with van der Waals surface area (Å²) in [6.07, 6.45) is 0. The second kappa shape index (κ2) is 18.7. The summed E-state index contributed by atoms with van der Waals surface area (Å²) >= 11 is 1.62. The Balaban J connectivity index is 0.000000262. The summed E-state index contributed by atoms with van der Waals surface area (Å²) in [5.74, 6) is 0. The molecule has 4 rings (SSSR count). The molecule has 0 aliphatic rings. The fraction of sp³-hybridized carbons (Fsp3) is 0.250. The molecule has 2 nitrogen and oxygen atoms in total. The van der Waals surface area contributed by atoms with E-state index in [2.05, 4.69) is 76.9 Å². The molecule has 0 radical (unpaired) electrons. The van der Waals surface area contributed by atoms with Crippen molar-refractivity contribution in [1.29, 1.82) is 0 Å². The van der Waals surface area contributed by atoms with Crippen LogP contribution in [0.15, 0.2) is 107 Å². The third-order valence-corrected chi connectivity index (χ3v) is 10.8. The predicted molar refractivity (Wildman–Crippen MR) is 185 cm³/mol. The van der Waals surface area contributed by atoms with Crippen molar-refractivity contribution in [1.82, 2.24) is 0 Å². The topological polar surface area (TPSA) is 52.0 Å². The molecule has 0 fully saturated rings. The van der Waals surface area contributed by atoms with Gasteiger partial charge in [-0.05, 0) is 60.4 Å². The van der Waals surface area contributed by atoms with Crippen LogP contribution in [0, 0.1) is 13.8 Å². The van der Waals surface area contributed by atoms with Crippen LogP contribution in [0.3, 0.4) is 0 Å². The van der Waals surface area contributed by atoms with Crippen molar-refractivity contribution in [3.8, 4) is 0 Å². The van der Waals surface area contributed by atoms with Crippen LogP contribution in [-0.4, -0.2) is 26.7 Å². The number of nitrogens with two attached hydrogens (primary N) is 2. The zero-order valence-electron chi connectivity index (χ0n) is 24.1. The van der Waals surface area contributed by atoms with Gasteiger partial charge in [-0.3, -0.25) is 0 Å². The van der Waals surface area contributed by atoms with E-state index in [0.717, 1.165) is 11.1 Å². The number of halogens is 2. The zero-order chi connectivity index (χ0) is 29.7. The Labute approximate surface area is 264 Å². The quantitative estimate of drug-likeness (QED) is 0.149. The molecule has 8 heteroatoms. The first-order valence-corrected chi connectivity index (χ1v) is 23.3.